The van der Waals surface area contributed by atoms with Crippen molar-refractivity contribution >= 4 is 29.3 Å². The van der Waals surface area contributed by atoms with E-state index in [0.717, 1.165) is 16.2 Å². The topological polar surface area (TPSA) is 65.4 Å². The molecule has 0 amide bonds. The van der Waals surface area contributed by atoms with Gasteiger partial charge in [-0.1, -0.05) is 0 Å². The van der Waals surface area contributed by atoms with Crippen LogP contribution < -0.4 is 11.0 Å². The molecule has 0 unspecified atom stereocenters. The van der Waals surface area contributed by atoms with Crippen LogP contribution in [0.25, 0.3) is 10.9 Å². The van der Waals surface area contributed by atoms with Crippen molar-refractivity contribution in [3.63, 3.8) is 0 Å². The fourth-order valence-corrected chi connectivity index (χ4v) is 4.41. The van der Waals surface area contributed by atoms with Gasteiger partial charge in [0.2, 0.25) is 7.44 Å². The Bertz CT molecular complexity index is 606. The van der Waals surface area contributed by atoms with E-state index in [9.17, 15) is 4.57 Å². The van der Waals surface area contributed by atoms with Crippen molar-refractivity contribution in [3.05, 3.63) is 24.4 Å². The highest BCUT2D eigenvalue weighted by atomic mass is 31.2. The number of nitrogen functional groups attached to an aromatic ring is 1. The molecule has 5 nitrogen and oxygen atoms in total. The van der Waals surface area contributed by atoms with E-state index >= 15 is 0 Å². The molecular formula is C12H19N4OP. The Hall–Kier alpha value is -1.29. The first-order valence-electron chi connectivity index (χ1n) is 5.70. The van der Waals surface area contributed by atoms with Gasteiger partial charge < -0.3 is 10.7 Å². The summed E-state index contributed by atoms with van der Waals surface area (Å²) >= 11 is 0. The van der Waals surface area contributed by atoms with Crippen LogP contribution in [0.2, 0.25) is 0 Å². The van der Waals surface area contributed by atoms with Crippen LogP contribution in [-0.2, 0) is 4.57 Å². The molecule has 0 aliphatic rings. The van der Waals surface area contributed by atoms with E-state index in [1.807, 2.05) is 46.5 Å². The first kappa shape index (κ1) is 13.1. The summed E-state index contributed by atoms with van der Waals surface area (Å²) in [4.78, 5) is 3.11. The number of nitrogens with two attached hydrogens (primary N) is 1. The highest BCUT2D eigenvalue weighted by molar-refractivity contribution is 7.67. The molecule has 0 fully saturated rings. The second-order valence-electron chi connectivity index (χ2n) is 4.71. The molecule has 0 saturated carbocycles. The lowest BCUT2D eigenvalue weighted by atomic mass is 10.2. The molecule has 0 aliphatic heterocycles. The molecule has 1 heterocycles. The van der Waals surface area contributed by atoms with Crippen LogP contribution in [0, 0.1) is 0 Å². The van der Waals surface area contributed by atoms with Gasteiger partial charge in [-0.15, -0.1) is 0 Å². The van der Waals surface area contributed by atoms with Gasteiger partial charge in [0.1, 0.15) is 0 Å². The Morgan fingerprint density at radius 3 is 2.33 bits per heavy atom. The van der Waals surface area contributed by atoms with Gasteiger partial charge in [0, 0.05) is 28.1 Å². The van der Waals surface area contributed by atoms with E-state index in [0.29, 0.717) is 5.69 Å². The summed E-state index contributed by atoms with van der Waals surface area (Å²) in [6.45, 7) is 0. The number of aromatic amines is 1. The van der Waals surface area contributed by atoms with Crippen molar-refractivity contribution in [1.29, 1.82) is 0 Å². The Kier molecular flexibility index (Phi) is 3.23. The Morgan fingerprint density at radius 2 is 1.78 bits per heavy atom. The third kappa shape index (κ3) is 1.85. The summed E-state index contributed by atoms with van der Waals surface area (Å²) in [5, 5.41) is 1.70. The van der Waals surface area contributed by atoms with Gasteiger partial charge in [-0.05, 0) is 46.4 Å². The smallest absolute Gasteiger partial charge is 0.244 e. The Morgan fingerprint density at radius 1 is 1.17 bits per heavy atom. The minimum Gasteiger partial charge on any atom is -0.398 e. The number of nitrogens with zero attached hydrogens (tertiary/aromatic N) is 2. The molecule has 0 atom stereocenters. The fraction of sp³-hybridized carbons (Fsp3) is 0.333. The zero-order valence-electron chi connectivity index (χ0n) is 11.1. The first-order valence-corrected chi connectivity index (χ1v) is 7.31. The number of rotatable bonds is 3. The second kappa shape index (κ2) is 4.43. The molecule has 0 spiro atoms. The van der Waals surface area contributed by atoms with E-state index in [4.69, 9.17) is 5.73 Å². The van der Waals surface area contributed by atoms with Crippen LogP contribution in [0.4, 0.5) is 5.69 Å². The molecule has 1 aromatic heterocycles. The third-order valence-electron chi connectivity index (χ3n) is 3.11. The van der Waals surface area contributed by atoms with Crippen LogP contribution in [0.15, 0.2) is 24.4 Å². The maximum absolute atomic E-state index is 13.1. The lowest BCUT2D eigenvalue weighted by molar-refractivity contribution is 0.460. The number of nitrogens with one attached hydrogen (secondary N) is 1. The van der Waals surface area contributed by atoms with E-state index in [-0.39, 0.29) is 0 Å². The molecule has 98 valence electrons. The molecule has 0 bridgehead atoms. The molecule has 3 N–H and O–H groups in total. The maximum atomic E-state index is 13.1. The molecule has 2 rings (SSSR count). The quantitative estimate of drug-likeness (QED) is 0.655. The maximum Gasteiger partial charge on any atom is 0.244 e. The molecule has 18 heavy (non-hydrogen) atoms. The monoisotopic (exact) mass is 266 g/mol. The number of aromatic nitrogens is 1. The van der Waals surface area contributed by atoms with Crippen LogP contribution in [0.5, 0.6) is 0 Å². The van der Waals surface area contributed by atoms with Gasteiger partial charge in [-0.3, -0.25) is 4.57 Å². The van der Waals surface area contributed by atoms with Crippen molar-refractivity contribution in [2.75, 3.05) is 33.9 Å². The largest absolute Gasteiger partial charge is 0.398 e. The fourth-order valence-electron chi connectivity index (χ4n) is 2.17. The summed E-state index contributed by atoms with van der Waals surface area (Å²) in [7, 11) is 4.51. The third-order valence-corrected chi connectivity index (χ3v) is 6.21. The molecule has 2 aromatic rings. The predicted molar refractivity (Wildman–Crippen MR) is 77.3 cm³/mol. The van der Waals surface area contributed by atoms with Crippen LogP contribution >= 0.6 is 7.44 Å². The number of anilines is 1. The van der Waals surface area contributed by atoms with Crippen LogP contribution in [0.3, 0.4) is 0 Å². The zero-order chi connectivity index (χ0) is 13.5. The number of fused-ring (bicyclic) bond motifs is 1. The standard InChI is InChI=1S/C12H19N4OP/c1-15(2)18(17,16(3)4)9-7-11(13)10-5-6-14-12(10)8-9/h5-8,14H,13H2,1-4H3. The molecular weight excluding hydrogens is 247 g/mol. The van der Waals surface area contributed by atoms with Gasteiger partial charge in [0.05, 0.1) is 0 Å². The van der Waals surface area contributed by atoms with Gasteiger partial charge in [0.25, 0.3) is 0 Å². The van der Waals surface area contributed by atoms with Gasteiger partial charge in [-0.25, -0.2) is 9.34 Å². The zero-order valence-corrected chi connectivity index (χ0v) is 12.0. The molecule has 0 aliphatic carbocycles. The average molecular weight is 266 g/mol. The predicted octanol–water partition coefficient (Wildman–Crippen LogP) is 1.69. The van der Waals surface area contributed by atoms with Crippen molar-refractivity contribution in [3.8, 4) is 0 Å². The SMILES string of the molecule is CN(C)P(=O)(c1cc(N)c2cc[nH]c2c1)N(C)C. The Balaban J connectivity index is 2.69. The van der Waals surface area contributed by atoms with E-state index in [1.165, 1.54) is 0 Å². The molecule has 0 radical (unpaired) electrons. The van der Waals surface area contributed by atoms with Crippen molar-refractivity contribution < 1.29 is 4.57 Å². The normalized spacial score (nSPS) is 12.8. The molecule has 0 saturated heterocycles. The number of hydrogen-bond acceptors (Lipinski definition) is 2. The molecule has 1 aromatic carbocycles. The molecule has 6 heteroatoms. The summed E-state index contributed by atoms with van der Waals surface area (Å²) in [5.41, 5.74) is 7.58. The average Bonchev–Trinajstić information content (AvgIpc) is 2.75. The van der Waals surface area contributed by atoms with E-state index < -0.39 is 7.44 Å². The van der Waals surface area contributed by atoms with Crippen molar-refractivity contribution in [2.24, 2.45) is 0 Å². The highest BCUT2D eigenvalue weighted by Crippen LogP contribution is 2.48. The lowest BCUT2D eigenvalue weighted by Gasteiger charge is -2.31. The second-order valence-corrected chi connectivity index (χ2v) is 7.92. The number of hydrogen-bond donors (Lipinski definition) is 2. The van der Waals surface area contributed by atoms with Crippen molar-refractivity contribution in [2.45, 2.75) is 0 Å². The van der Waals surface area contributed by atoms with Crippen molar-refractivity contribution in [1.82, 2.24) is 14.3 Å². The minimum absolute atomic E-state index is 0.646. The summed E-state index contributed by atoms with van der Waals surface area (Å²) in [6.07, 6.45) is 1.83. The van der Waals surface area contributed by atoms with E-state index in [1.54, 1.807) is 15.4 Å². The lowest BCUT2D eigenvalue weighted by Crippen LogP contribution is -2.28. The van der Waals surface area contributed by atoms with Gasteiger partial charge in [-0.2, -0.15) is 0 Å². The van der Waals surface area contributed by atoms with Gasteiger partial charge >= 0.3 is 0 Å². The van der Waals surface area contributed by atoms with Crippen LogP contribution in [-0.4, -0.2) is 42.5 Å². The highest BCUT2D eigenvalue weighted by Gasteiger charge is 2.31. The Labute approximate surface area is 107 Å². The van der Waals surface area contributed by atoms with E-state index in [2.05, 4.69) is 4.98 Å². The number of benzene rings is 1. The number of H-pyrrole nitrogens is 1. The minimum atomic E-state index is -2.76. The summed E-state index contributed by atoms with van der Waals surface area (Å²) < 4.78 is 16.6. The van der Waals surface area contributed by atoms with Gasteiger partial charge in [0.15, 0.2) is 0 Å². The van der Waals surface area contributed by atoms with Crippen LogP contribution in [0.1, 0.15) is 0 Å². The first-order chi connectivity index (χ1) is 8.37. The summed E-state index contributed by atoms with van der Waals surface area (Å²) in [5.74, 6) is 0. The summed E-state index contributed by atoms with van der Waals surface area (Å²) in [6, 6.07) is 5.63.